The van der Waals surface area contributed by atoms with E-state index in [0.717, 1.165) is 0 Å². The van der Waals surface area contributed by atoms with Gasteiger partial charge in [-0.3, -0.25) is 0 Å². The number of unbranched alkanes of at least 4 members (excludes halogenated alkanes) is 5. The van der Waals surface area contributed by atoms with Crippen LogP contribution in [0.3, 0.4) is 0 Å². The third-order valence-electron chi connectivity index (χ3n) is 3.11. The molecule has 1 heteroatoms. The van der Waals surface area contributed by atoms with Crippen LogP contribution in [-0.4, -0.2) is 15.2 Å². The molecular formula is C15H24Al. The molecule has 0 atom stereocenters. The van der Waals surface area contributed by atoms with E-state index in [0.29, 0.717) is 15.2 Å². The molecule has 0 saturated carbocycles. The monoisotopic (exact) mass is 231 g/mol. The third-order valence-corrected chi connectivity index (χ3v) is 4.89. The molecular weight excluding hydrogens is 207 g/mol. The Hall–Kier alpha value is -0.248. The number of hydrogen-bond acceptors (Lipinski definition) is 0. The summed E-state index contributed by atoms with van der Waals surface area (Å²) in [6.07, 6.45) is 8.54. The van der Waals surface area contributed by atoms with Crippen LogP contribution in [0.2, 0.25) is 5.28 Å². The summed E-state index contributed by atoms with van der Waals surface area (Å²) in [5.41, 5.74) is 1.49. The summed E-state index contributed by atoms with van der Waals surface area (Å²) in [6, 6.07) is 8.87. The van der Waals surface area contributed by atoms with Crippen LogP contribution in [0.25, 0.3) is 0 Å². The average molecular weight is 231 g/mol. The van der Waals surface area contributed by atoms with E-state index in [4.69, 9.17) is 0 Å². The van der Waals surface area contributed by atoms with Crippen LogP contribution >= 0.6 is 0 Å². The normalized spacial score (nSPS) is 10.4. The van der Waals surface area contributed by atoms with Gasteiger partial charge in [0.25, 0.3) is 15.2 Å². The van der Waals surface area contributed by atoms with Crippen LogP contribution in [0.1, 0.15) is 51.0 Å². The molecule has 0 aromatic heterocycles. The van der Waals surface area contributed by atoms with Crippen molar-refractivity contribution in [2.75, 3.05) is 0 Å². The molecule has 0 aliphatic rings. The summed E-state index contributed by atoms with van der Waals surface area (Å²) >= 11 is 0.518. The summed E-state index contributed by atoms with van der Waals surface area (Å²) in [4.78, 5) is 0. The molecule has 0 N–H and O–H groups in total. The minimum Gasteiger partial charge on any atom is -0.121 e. The van der Waals surface area contributed by atoms with Gasteiger partial charge in [-0.1, -0.05) is 80.6 Å². The van der Waals surface area contributed by atoms with Gasteiger partial charge >= 0.3 is 0 Å². The van der Waals surface area contributed by atoms with Crippen LogP contribution in [-0.2, 0) is 0 Å². The van der Waals surface area contributed by atoms with E-state index in [1.165, 1.54) is 49.4 Å². The molecule has 16 heavy (non-hydrogen) atoms. The predicted octanol–water partition coefficient (Wildman–Crippen LogP) is 4.10. The Kier molecular flexibility index (Phi) is 7.64. The van der Waals surface area contributed by atoms with Gasteiger partial charge in [0.2, 0.25) is 0 Å². The Bertz CT molecular complexity index is 281. The Labute approximate surface area is 107 Å². The Morgan fingerprint density at radius 1 is 0.938 bits per heavy atom. The molecule has 1 rings (SSSR count). The second-order valence-corrected chi connectivity index (χ2v) is 6.22. The maximum atomic E-state index is 2.31. The van der Waals surface area contributed by atoms with E-state index < -0.39 is 0 Å². The van der Waals surface area contributed by atoms with Crippen LogP contribution in [0.15, 0.2) is 24.3 Å². The van der Waals surface area contributed by atoms with E-state index in [1.807, 2.05) is 0 Å². The van der Waals surface area contributed by atoms with E-state index in [9.17, 15) is 0 Å². The molecule has 87 valence electrons. The van der Waals surface area contributed by atoms with Gasteiger partial charge < -0.3 is 0 Å². The van der Waals surface area contributed by atoms with Gasteiger partial charge in [0.15, 0.2) is 0 Å². The molecule has 1 aromatic carbocycles. The highest BCUT2D eigenvalue weighted by molar-refractivity contribution is 6.53. The molecule has 0 aliphatic heterocycles. The van der Waals surface area contributed by atoms with Crippen LogP contribution < -0.4 is 4.43 Å². The predicted molar refractivity (Wildman–Crippen MR) is 74.8 cm³/mol. The highest BCUT2D eigenvalue weighted by Gasteiger charge is 1.99. The maximum absolute atomic E-state index is 2.31. The average Bonchev–Trinajstić information content (AvgIpc) is 2.30. The molecule has 1 aromatic rings. The van der Waals surface area contributed by atoms with E-state index in [2.05, 4.69) is 38.1 Å². The zero-order valence-corrected chi connectivity index (χ0v) is 12.0. The first-order chi connectivity index (χ1) is 7.84. The smallest absolute Gasteiger partial charge is 0.121 e. The fourth-order valence-corrected chi connectivity index (χ4v) is 3.47. The van der Waals surface area contributed by atoms with Crippen molar-refractivity contribution in [2.24, 2.45) is 0 Å². The fourth-order valence-electron chi connectivity index (χ4n) is 2.00. The summed E-state index contributed by atoms with van der Waals surface area (Å²) in [5, 5.41) is 1.44. The van der Waals surface area contributed by atoms with Crippen molar-refractivity contribution in [3.63, 3.8) is 0 Å². The lowest BCUT2D eigenvalue weighted by Crippen LogP contribution is -2.16. The van der Waals surface area contributed by atoms with Gasteiger partial charge in [-0.2, -0.15) is 0 Å². The van der Waals surface area contributed by atoms with Crippen molar-refractivity contribution < 1.29 is 0 Å². The SMILES string of the molecule is CCCCCCC[CH2][Al][c]1ccccc1C. The molecule has 0 amide bonds. The molecule has 0 saturated heterocycles. The van der Waals surface area contributed by atoms with Gasteiger partial charge in [0.1, 0.15) is 0 Å². The lowest BCUT2D eigenvalue weighted by molar-refractivity contribution is 0.624. The van der Waals surface area contributed by atoms with Crippen LogP contribution in [0, 0.1) is 6.92 Å². The zero-order chi connectivity index (χ0) is 11.6. The lowest BCUT2D eigenvalue weighted by Gasteiger charge is -2.04. The molecule has 0 heterocycles. The summed E-state index contributed by atoms with van der Waals surface area (Å²) in [7, 11) is 0. The Morgan fingerprint density at radius 3 is 2.38 bits per heavy atom. The topological polar surface area (TPSA) is 0 Å². The van der Waals surface area contributed by atoms with Gasteiger partial charge in [-0.25, -0.2) is 0 Å². The number of benzene rings is 1. The first kappa shape index (κ1) is 13.8. The van der Waals surface area contributed by atoms with Crippen molar-refractivity contribution in [3.8, 4) is 0 Å². The number of rotatable bonds is 8. The van der Waals surface area contributed by atoms with Crippen molar-refractivity contribution in [3.05, 3.63) is 29.8 Å². The molecule has 0 fully saturated rings. The second-order valence-electron chi connectivity index (χ2n) is 4.62. The summed E-state index contributed by atoms with van der Waals surface area (Å²) in [6.45, 7) is 4.52. The van der Waals surface area contributed by atoms with E-state index in [1.54, 1.807) is 4.43 Å². The third kappa shape index (κ3) is 5.73. The highest BCUT2D eigenvalue weighted by atomic mass is 27.1. The van der Waals surface area contributed by atoms with Gasteiger partial charge in [-0.05, 0) is 6.92 Å². The van der Waals surface area contributed by atoms with E-state index in [-0.39, 0.29) is 0 Å². The van der Waals surface area contributed by atoms with Crippen molar-refractivity contribution in [1.29, 1.82) is 0 Å². The molecule has 0 spiro atoms. The molecule has 0 aliphatic carbocycles. The van der Waals surface area contributed by atoms with Crippen LogP contribution in [0.5, 0.6) is 0 Å². The standard InChI is InChI=1S/C8H17.C7H7.Al/c1-3-5-7-8-6-4-2;1-7-5-3-2-4-6-7;/h1,3-8H2,2H3;2-5H,1H3;. The van der Waals surface area contributed by atoms with Crippen molar-refractivity contribution in [2.45, 2.75) is 57.7 Å². The molecule has 0 nitrogen and oxygen atoms in total. The van der Waals surface area contributed by atoms with Crippen LogP contribution in [0.4, 0.5) is 0 Å². The van der Waals surface area contributed by atoms with Gasteiger partial charge in [0, 0.05) is 0 Å². The minimum atomic E-state index is 0.518. The zero-order valence-electron chi connectivity index (χ0n) is 10.8. The first-order valence-electron chi connectivity index (χ1n) is 6.73. The van der Waals surface area contributed by atoms with Gasteiger partial charge in [0.05, 0.1) is 0 Å². The summed E-state index contributed by atoms with van der Waals surface area (Å²) in [5.74, 6) is 0. The lowest BCUT2D eigenvalue weighted by atomic mass is 10.1. The summed E-state index contributed by atoms with van der Waals surface area (Å²) < 4.78 is 1.62. The number of hydrogen-bond donors (Lipinski definition) is 0. The largest absolute Gasteiger partial charge is 0.250 e. The second kappa shape index (κ2) is 8.85. The first-order valence-corrected chi connectivity index (χ1v) is 8.13. The van der Waals surface area contributed by atoms with Crippen molar-refractivity contribution >= 4 is 19.6 Å². The van der Waals surface area contributed by atoms with Gasteiger partial charge in [-0.15, -0.1) is 4.43 Å². The molecule has 0 unspecified atom stereocenters. The molecule has 0 bridgehead atoms. The van der Waals surface area contributed by atoms with E-state index >= 15 is 0 Å². The maximum Gasteiger partial charge on any atom is 0.250 e. The highest BCUT2D eigenvalue weighted by Crippen LogP contribution is 2.07. The molecule has 1 radical (unpaired) electrons. The number of aryl methyl sites for hydroxylation is 1. The van der Waals surface area contributed by atoms with Crippen molar-refractivity contribution in [1.82, 2.24) is 0 Å². The quantitative estimate of drug-likeness (QED) is 0.466. The Morgan fingerprint density at radius 2 is 1.62 bits per heavy atom. The fraction of sp³-hybridized carbons (Fsp3) is 0.600. The minimum absolute atomic E-state index is 0.518. The Balaban J connectivity index is 2.05.